The number of hydrogen-bond donors (Lipinski definition) is 3. The van der Waals surface area contributed by atoms with Gasteiger partial charge in [-0.25, -0.2) is 4.98 Å². The molecule has 0 saturated carbocycles. The van der Waals surface area contributed by atoms with Crippen LogP contribution in [0.25, 0.3) is 0 Å². The van der Waals surface area contributed by atoms with Gasteiger partial charge >= 0.3 is 0 Å². The predicted molar refractivity (Wildman–Crippen MR) is 94.9 cm³/mol. The molecule has 2 aromatic rings. The van der Waals surface area contributed by atoms with E-state index >= 15 is 0 Å². The Labute approximate surface area is 149 Å². The molecular formula is C16H18ClN5O3. The first-order valence-electron chi connectivity index (χ1n) is 7.64. The summed E-state index contributed by atoms with van der Waals surface area (Å²) < 4.78 is 10.4. The Morgan fingerprint density at radius 2 is 2.20 bits per heavy atom. The maximum atomic E-state index is 12.2. The molecule has 0 aliphatic carbocycles. The Bertz CT molecular complexity index is 782. The lowest BCUT2D eigenvalue weighted by atomic mass is 10.1. The molecule has 8 nitrogen and oxygen atoms in total. The molecule has 0 atom stereocenters. The highest BCUT2D eigenvalue weighted by molar-refractivity contribution is 6.32. The lowest BCUT2D eigenvalue weighted by molar-refractivity contribution is -0.00346. The third kappa shape index (κ3) is 3.92. The summed E-state index contributed by atoms with van der Waals surface area (Å²) in [5.74, 6) is 1.20. The van der Waals surface area contributed by atoms with E-state index in [1.165, 1.54) is 13.3 Å². The van der Waals surface area contributed by atoms with E-state index in [9.17, 15) is 4.79 Å². The second kappa shape index (κ2) is 7.54. The van der Waals surface area contributed by atoms with Crippen LogP contribution >= 0.6 is 11.6 Å². The molecule has 0 radical (unpaired) electrons. The summed E-state index contributed by atoms with van der Waals surface area (Å²) >= 11 is 5.98. The normalized spacial score (nSPS) is 13.7. The van der Waals surface area contributed by atoms with Gasteiger partial charge in [-0.2, -0.15) is 4.98 Å². The summed E-state index contributed by atoms with van der Waals surface area (Å²) in [6, 6.07) is 5.17. The Morgan fingerprint density at radius 1 is 1.40 bits per heavy atom. The van der Waals surface area contributed by atoms with Gasteiger partial charge in [0.1, 0.15) is 16.6 Å². The van der Waals surface area contributed by atoms with Gasteiger partial charge in [-0.1, -0.05) is 11.6 Å². The van der Waals surface area contributed by atoms with Gasteiger partial charge in [0.15, 0.2) is 0 Å². The van der Waals surface area contributed by atoms with Crippen molar-refractivity contribution in [3.63, 3.8) is 0 Å². The minimum atomic E-state index is -0.168. The number of nitrogens with one attached hydrogen (secondary N) is 3. The molecule has 1 saturated heterocycles. The number of carbonyl (C=O) groups excluding carboxylic acids is 1. The number of nitrogens with zero attached hydrogens (tertiary/aromatic N) is 2. The van der Waals surface area contributed by atoms with Crippen LogP contribution in [0, 0.1) is 0 Å². The van der Waals surface area contributed by atoms with E-state index < -0.39 is 0 Å². The number of ether oxygens (including phenoxy) is 2. The fourth-order valence-corrected chi connectivity index (χ4v) is 2.43. The Morgan fingerprint density at radius 3 is 2.84 bits per heavy atom. The molecule has 1 aromatic carbocycles. The lowest BCUT2D eigenvalue weighted by Gasteiger charge is -2.26. The van der Waals surface area contributed by atoms with E-state index in [1.807, 2.05) is 0 Å². The van der Waals surface area contributed by atoms with Crippen LogP contribution in [0.2, 0.25) is 5.02 Å². The van der Waals surface area contributed by atoms with Gasteiger partial charge in [-0.05, 0) is 18.2 Å². The summed E-state index contributed by atoms with van der Waals surface area (Å²) in [4.78, 5) is 20.6. The molecule has 1 aliphatic heterocycles. The smallest absolute Gasteiger partial charge is 0.251 e. The topological polar surface area (TPSA) is 97.4 Å². The highest BCUT2D eigenvalue weighted by Crippen LogP contribution is 2.29. The third-order valence-corrected chi connectivity index (χ3v) is 3.94. The van der Waals surface area contributed by atoms with Crippen LogP contribution in [-0.4, -0.2) is 49.3 Å². The average molecular weight is 364 g/mol. The maximum Gasteiger partial charge on any atom is 0.251 e. The van der Waals surface area contributed by atoms with Crippen LogP contribution in [-0.2, 0) is 4.74 Å². The van der Waals surface area contributed by atoms with E-state index in [1.54, 1.807) is 25.2 Å². The zero-order chi connectivity index (χ0) is 17.8. The summed E-state index contributed by atoms with van der Waals surface area (Å²) in [7, 11) is 3.25. The van der Waals surface area contributed by atoms with Crippen molar-refractivity contribution in [3.8, 4) is 5.75 Å². The molecule has 1 amide bonds. The highest BCUT2D eigenvalue weighted by atomic mass is 35.5. The summed E-state index contributed by atoms with van der Waals surface area (Å²) in [6.45, 7) is 1.09. The molecular weight excluding hydrogens is 346 g/mol. The number of aromatic nitrogens is 2. The largest absolute Gasteiger partial charge is 0.495 e. The first kappa shape index (κ1) is 17.2. The zero-order valence-corrected chi connectivity index (χ0v) is 14.6. The third-order valence-electron chi connectivity index (χ3n) is 3.66. The molecule has 0 spiro atoms. The van der Waals surface area contributed by atoms with Crippen LogP contribution in [0.5, 0.6) is 5.75 Å². The number of anilines is 3. The van der Waals surface area contributed by atoms with Crippen molar-refractivity contribution in [1.29, 1.82) is 0 Å². The first-order valence-corrected chi connectivity index (χ1v) is 8.02. The Hall–Kier alpha value is -2.58. The summed E-state index contributed by atoms with van der Waals surface area (Å²) in [5, 5.41) is 9.25. The molecule has 3 N–H and O–H groups in total. The van der Waals surface area contributed by atoms with Crippen molar-refractivity contribution >= 4 is 35.0 Å². The standard InChI is InChI=1S/C16H18ClN5O3/c1-18-14-11(17)6-19-16(22-14)21-12-4-3-9(5-13(12)24-2)15(23)20-10-7-25-8-10/h3-6,10H,7-8H2,1-2H3,(H,20,23)(H2,18,19,21,22). The first-order chi connectivity index (χ1) is 12.1. The molecule has 1 fully saturated rings. The maximum absolute atomic E-state index is 12.2. The van der Waals surface area contributed by atoms with Gasteiger partial charge in [-0.15, -0.1) is 0 Å². The van der Waals surface area contributed by atoms with Gasteiger partial charge in [0, 0.05) is 12.6 Å². The molecule has 1 aliphatic rings. The summed E-state index contributed by atoms with van der Waals surface area (Å²) in [6.07, 6.45) is 1.50. The predicted octanol–water partition coefficient (Wildman–Crippen LogP) is 2.05. The van der Waals surface area contributed by atoms with Crippen LogP contribution in [0.1, 0.15) is 10.4 Å². The molecule has 132 valence electrons. The van der Waals surface area contributed by atoms with E-state index in [2.05, 4.69) is 25.9 Å². The van der Waals surface area contributed by atoms with Crippen LogP contribution in [0.15, 0.2) is 24.4 Å². The number of amides is 1. The second-order valence-corrected chi connectivity index (χ2v) is 5.80. The van der Waals surface area contributed by atoms with Gasteiger partial charge in [0.25, 0.3) is 5.91 Å². The zero-order valence-electron chi connectivity index (χ0n) is 13.8. The quantitative estimate of drug-likeness (QED) is 0.722. The van der Waals surface area contributed by atoms with E-state index in [4.69, 9.17) is 21.1 Å². The van der Waals surface area contributed by atoms with Crippen molar-refractivity contribution in [2.45, 2.75) is 6.04 Å². The number of hydrogen-bond acceptors (Lipinski definition) is 7. The highest BCUT2D eigenvalue weighted by Gasteiger charge is 2.21. The monoisotopic (exact) mass is 363 g/mol. The fraction of sp³-hybridized carbons (Fsp3) is 0.312. The van der Waals surface area contributed by atoms with E-state index in [-0.39, 0.29) is 11.9 Å². The molecule has 2 heterocycles. The van der Waals surface area contributed by atoms with Gasteiger partial charge in [0.05, 0.1) is 38.2 Å². The van der Waals surface area contributed by atoms with Gasteiger partial charge in [0.2, 0.25) is 5.95 Å². The molecule has 0 unspecified atom stereocenters. The van der Waals surface area contributed by atoms with Crippen LogP contribution < -0.4 is 20.7 Å². The lowest BCUT2D eigenvalue weighted by Crippen LogP contribution is -2.48. The Balaban J connectivity index is 1.78. The molecule has 9 heteroatoms. The van der Waals surface area contributed by atoms with Crippen molar-refractivity contribution in [2.24, 2.45) is 0 Å². The number of halogens is 1. The minimum absolute atomic E-state index is 0.0683. The molecule has 0 bridgehead atoms. The number of rotatable bonds is 6. The SMILES string of the molecule is CNc1nc(Nc2ccc(C(=O)NC3COC3)cc2OC)ncc1Cl. The fourth-order valence-electron chi connectivity index (χ4n) is 2.25. The van der Waals surface area contributed by atoms with Crippen molar-refractivity contribution in [3.05, 3.63) is 35.0 Å². The molecule has 3 rings (SSSR count). The van der Waals surface area contributed by atoms with Crippen molar-refractivity contribution < 1.29 is 14.3 Å². The van der Waals surface area contributed by atoms with E-state index in [0.717, 1.165) is 0 Å². The van der Waals surface area contributed by atoms with Gasteiger partial charge in [-0.3, -0.25) is 4.79 Å². The van der Waals surface area contributed by atoms with Crippen molar-refractivity contribution in [2.75, 3.05) is 38.0 Å². The number of methoxy groups -OCH3 is 1. The number of benzene rings is 1. The number of carbonyl (C=O) groups is 1. The van der Waals surface area contributed by atoms with E-state index in [0.29, 0.717) is 47.0 Å². The van der Waals surface area contributed by atoms with Crippen molar-refractivity contribution in [1.82, 2.24) is 15.3 Å². The second-order valence-electron chi connectivity index (χ2n) is 5.39. The average Bonchev–Trinajstić information content (AvgIpc) is 2.59. The minimum Gasteiger partial charge on any atom is -0.495 e. The molecule has 25 heavy (non-hydrogen) atoms. The Kier molecular flexibility index (Phi) is 5.20. The summed E-state index contributed by atoms with van der Waals surface area (Å²) in [5.41, 5.74) is 1.14. The van der Waals surface area contributed by atoms with Gasteiger partial charge < -0.3 is 25.4 Å². The van der Waals surface area contributed by atoms with Crippen LogP contribution in [0.4, 0.5) is 17.5 Å². The van der Waals surface area contributed by atoms with Crippen LogP contribution in [0.3, 0.4) is 0 Å². The molecule has 1 aromatic heterocycles.